The first kappa shape index (κ1) is 16.6. The van der Waals surface area contributed by atoms with Crippen molar-refractivity contribution in [3.05, 3.63) is 28.8 Å². The van der Waals surface area contributed by atoms with Crippen LogP contribution in [-0.2, 0) is 0 Å². The number of benzene rings is 1. The zero-order valence-electron chi connectivity index (χ0n) is 12.3. The third-order valence-electron chi connectivity index (χ3n) is 3.01. The van der Waals surface area contributed by atoms with E-state index in [1.165, 1.54) is 0 Å². The van der Waals surface area contributed by atoms with E-state index < -0.39 is 0 Å². The smallest absolute Gasteiger partial charge is 0.171 e. The van der Waals surface area contributed by atoms with Crippen molar-refractivity contribution in [1.82, 2.24) is 4.90 Å². The minimum atomic E-state index is 0.0249. The number of hydrogen-bond acceptors (Lipinski definition) is 4. The molecule has 0 saturated carbocycles. The van der Waals surface area contributed by atoms with Crippen LogP contribution in [0.15, 0.2) is 23.4 Å². The average Bonchev–Trinajstić information content (AvgIpc) is 2.42. The Labute approximate surface area is 125 Å². The molecule has 0 unspecified atom stereocenters. The lowest BCUT2D eigenvalue weighted by Crippen LogP contribution is -2.32. The minimum Gasteiger partial charge on any atom is -0.409 e. The third-order valence-corrected chi connectivity index (χ3v) is 3.32. The summed E-state index contributed by atoms with van der Waals surface area (Å²) in [4.78, 5) is 4.43. The number of hydrogen-bond donors (Lipinski definition) is 2. The lowest BCUT2D eigenvalue weighted by Gasteiger charge is -2.26. The first-order chi connectivity index (χ1) is 9.49. The van der Waals surface area contributed by atoms with Gasteiger partial charge in [-0.25, -0.2) is 0 Å². The van der Waals surface area contributed by atoms with E-state index in [1.54, 1.807) is 6.07 Å². The van der Waals surface area contributed by atoms with Gasteiger partial charge in [0, 0.05) is 30.9 Å². The molecule has 3 N–H and O–H groups in total. The highest BCUT2D eigenvalue weighted by Gasteiger charge is 2.11. The molecule has 0 bridgehead atoms. The van der Waals surface area contributed by atoms with Crippen LogP contribution in [0.1, 0.15) is 18.9 Å². The Bertz CT molecular complexity index is 462. The monoisotopic (exact) mass is 298 g/mol. The van der Waals surface area contributed by atoms with Crippen molar-refractivity contribution in [1.29, 1.82) is 0 Å². The number of nitrogens with zero attached hydrogens (tertiary/aromatic N) is 3. The molecule has 1 rings (SSSR count). The molecule has 0 aliphatic rings. The van der Waals surface area contributed by atoms with Gasteiger partial charge in [-0.3, -0.25) is 0 Å². The number of nitrogens with two attached hydrogens (primary N) is 1. The Morgan fingerprint density at radius 3 is 2.50 bits per heavy atom. The van der Waals surface area contributed by atoms with Crippen LogP contribution in [0.2, 0.25) is 5.02 Å². The SMILES string of the molecule is CCCN(CCN(C)C)c1ccc(C(N)=NO)c(Cl)c1. The topological polar surface area (TPSA) is 65.1 Å². The van der Waals surface area contributed by atoms with Gasteiger partial charge in [-0.1, -0.05) is 23.7 Å². The number of halogens is 1. The summed E-state index contributed by atoms with van der Waals surface area (Å²) in [5.41, 5.74) is 7.17. The molecule has 0 heterocycles. The fourth-order valence-electron chi connectivity index (χ4n) is 1.92. The number of rotatable bonds is 7. The summed E-state index contributed by atoms with van der Waals surface area (Å²) in [6.07, 6.45) is 1.06. The second-order valence-electron chi connectivity index (χ2n) is 4.94. The zero-order chi connectivity index (χ0) is 15.1. The minimum absolute atomic E-state index is 0.0249. The molecule has 0 aliphatic carbocycles. The quantitative estimate of drug-likeness (QED) is 0.351. The number of oxime groups is 1. The van der Waals surface area contributed by atoms with Crippen molar-refractivity contribution in [3.63, 3.8) is 0 Å². The van der Waals surface area contributed by atoms with Gasteiger partial charge in [-0.15, -0.1) is 0 Å². The summed E-state index contributed by atoms with van der Waals surface area (Å²) in [7, 11) is 4.11. The highest BCUT2D eigenvalue weighted by atomic mass is 35.5. The molecule has 0 fully saturated rings. The largest absolute Gasteiger partial charge is 0.409 e. The molecule has 1 aromatic rings. The van der Waals surface area contributed by atoms with Gasteiger partial charge in [-0.2, -0.15) is 0 Å². The van der Waals surface area contributed by atoms with Crippen LogP contribution in [0.25, 0.3) is 0 Å². The Morgan fingerprint density at radius 1 is 1.30 bits per heavy atom. The first-order valence-corrected chi connectivity index (χ1v) is 7.04. The lowest BCUT2D eigenvalue weighted by atomic mass is 10.1. The van der Waals surface area contributed by atoms with E-state index in [2.05, 4.69) is 36.0 Å². The number of amidine groups is 1. The van der Waals surface area contributed by atoms with Crippen molar-refractivity contribution < 1.29 is 5.21 Å². The lowest BCUT2D eigenvalue weighted by molar-refractivity contribution is 0.318. The summed E-state index contributed by atoms with van der Waals surface area (Å²) < 4.78 is 0. The molecule has 6 heteroatoms. The van der Waals surface area contributed by atoms with Crippen molar-refractivity contribution in [2.24, 2.45) is 10.9 Å². The number of likely N-dealkylation sites (N-methyl/N-ethyl adjacent to an activating group) is 1. The van der Waals surface area contributed by atoms with Crippen molar-refractivity contribution in [2.45, 2.75) is 13.3 Å². The molecule has 0 radical (unpaired) electrons. The van der Waals surface area contributed by atoms with Gasteiger partial charge >= 0.3 is 0 Å². The van der Waals surface area contributed by atoms with Gasteiger partial charge in [0.2, 0.25) is 0 Å². The summed E-state index contributed by atoms with van der Waals surface area (Å²) >= 11 is 6.20. The molecular weight excluding hydrogens is 276 g/mol. The van der Waals surface area contributed by atoms with Gasteiger partial charge in [0.25, 0.3) is 0 Å². The van der Waals surface area contributed by atoms with Crippen LogP contribution < -0.4 is 10.6 Å². The van der Waals surface area contributed by atoms with Gasteiger partial charge in [0.1, 0.15) is 0 Å². The summed E-state index contributed by atoms with van der Waals surface area (Å²) in [6.45, 7) is 5.02. The van der Waals surface area contributed by atoms with Gasteiger partial charge in [0.15, 0.2) is 5.84 Å². The molecule has 0 aromatic heterocycles. The molecule has 0 spiro atoms. The van der Waals surface area contributed by atoms with E-state index in [0.29, 0.717) is 10.6 Å². The van der Waals surface area contributed by atoms with E-state index >= 15 is 0 Å². The molecule has 5 nitrogen and oxygen atoms in total. The van der Waals surface area contributed by atoms with Crippen LogP contribution in [-0.4, -0.2) is 49.7 Å². The summed E-state index contributed by atoms with van der Waals surface area (Å²) in [5, 5.41) is 12.2. The van der Waals surface area contributed by atoms with Gasteiger partial charge < -0.3 is 20.7 Å². The summed E-state index contributed by atoms with van der Waals surface area (Å²) in [6, 6.07) is 5.59. The predicted octanol–water partition coefficient (Wildman–Crippen LogP) is 2.21. The Balaban J connectivity index is 2.94. The second-order valence-corrected chi connectivity index (χ2v) is 5.35. The van der Waals surface area contributed by atoms with Crippen LogP contribution in [0.3, 0.4) is 0 Å². The highest BCUT2D eigenvalue weighted by Crippen LogP contribution is 2.24. The number of anilines is 1. The third kappa shape index (κ3) is 4.58. The van der Waals surface area contributed by atoms with E-state index in [0.717, 1.165) is 31.7 Å². The first-order valence-electron chi connectivity index (χ1n) is 6.66. The van der Waals surface area contributed by atoms with Gasteiger partial charge in [0.05, 0.1) is 5.02 Å². The normalized spacial score (nSPS) is 11.9. The van der Waals surface area contributed by atoms with E-state index in [4.69, 9.17) is 22.5 Å². The van der Waals surface area contributed by atoms with E-state index in [9.17, 15) is 0 Å². The maximum absolute atomic E-state index is 8.71. The van der Waals surface area contributed by atoms with Crippen molar-refractivity contribution in [3.8, 4) is 0 Å². The molecule has 0 saturated heterocycles. The molecule has 0 aliphatic heterocycles. The molecule has 112 valence electrons. The van der Waals surface area contributed by atoms with Gasteiger partial charge in [-0.05, 0) is 38.7 Å². The van der Waals surface area contributed by atoms with Crippen LogP contribution >= 0.6 is 11.6 Å². The van der Waals surface area contributed by atoms with E-state index in [-0.39, 0.29) is 5.84 Å². The average molecular weight is 299 g/mol. The van der Waals surface area contributed by atoms with E-state index in [1.807, 2.05) is 12.1 Å². The Hall–Kier alpha value is -1.46. The van der Waals surface area contributed by atoms with Crippen LogP contribution in [0.4, 0.5) is 5.69 Å². The van der Waals surface area contributed by atoms with Crippen molar-refractivity contribution in [2.75, 3.05) is 38.6 Å². The maximum Gasteiger partial charge on any atom is 0.171 e. The standard InChI is InChI=1S/C14H23ClN4O/c1-4-7-19(9-8-18(2)3)11-5-6-12(13(15)10-11)14(16)17-20/h5-6,10,20H,4,7-9H2,1-3H3,(H2,16,17). The fourth-order valence-corrected chi connectivity index (χ4v) is 2.19. The Morgan fingerprint density at radius 2 is 2.00 bits per heavy atom. The molecule has 20 heavy (non-hydrogen) atoms. The molecule has 0 amide bonds. The van der Waals surface area contributed by atoms with Crippen LogP contribution in [0.5, 0.6) is 0 Å². The predicted molar refractivity (Wildman–Crippen MR) is 85.0 cm³/mol. The highest BCUT2D eigenvalue weighted by molar-refractivity contribution is 6.34. The van der Waals surface area contributed by atoms with Crippen molar-refractivity contribution >= 4 is 23.1 Å². The molecule has 0 atom stereocenters. The second kappa shape index (κ2) is 7.97. The Kier molecular flexibility index (Phi) is 6.61. The maximum atomic E-state index is 8.71. The summed E-state index contributed by atoms with van der Waals surface area (Å²) in [5.74, 6) is 0.0249. The molecule has 1 aromatic carbocycles. The zero-order valence-corrected chi connectivity index (χ0v) is 13.1. The fraction of sp³-hybridized carbons (Fsp3) is 0.500. The van der Waals surface area contributed by atoms with Crippen LogP contribution in [0, 0.1) is 0 Å². The molecular formula is C14H23ClN4O.